The molecule has 0 unspecified atom stereocenters. The number of aromatic nitrogens is 2. The maximum Gasteiger partial charge on any atom is 0.124 e. The van der Waals surface area contributed by atoms with Gasteiger partial charge in [-0.3, -0.25) is 0 Å². The van der Waals surface area contributed by atoms with E-state index in [1.165, 1.54) is 42.8 Å². The Hall–Kier alpha value is -3.86. The second kappa shape index (κ2) is 8.37. The van der Waals surface area contributed by atoms with Crippen molar-refractivity contribution in [3.05, 3.63) is 129 Å². The fraction of sp³-hybridized carbons (Fsp3) is 0.0625. The van der Waals surface area contributed by atoms with Crippen LogP contribution >= 0.6 is 22.7 Å². The van der Waals surface area contributed by atoms with E-state index in [0.717, 1.165) is 32.5 Å². The fourth-order valence-corrected chi connectivity index (χ4v) is 7.03. The summed E-state index contributed by atoms with van der Waals surface area (Å²) in [6.45, 7) is 4.38. The molecular weight excluding hydrogens is 477 g/mol. The van der Waals surface area contributed by atoms with Gasteiger partial charge in [-0.25, -0.2) is 9.97 Å². The van der Waals surface area contributed by atoms with Crippen molar-refractivity contribution in [3.63, 3.8) is 0 Å². The molecule has 4 aromatic carbocycles. The molecule has 6 aromatic rings. The van der Waals surface area contributed by atoms with Crippen molar-refractivity contribution in [2.24, 2.45) is 0 Å². The minimum atomic E-state index is 1.05. The molecule has 1 aliphatic carbocycles. The molecule has 7 rings (SSSR count). The van der Waals surface area contributed by atoms with Crippen LogP contribution in [0.3, 0.4) is 0 Å². The molecule has 4 heteroatoms. The molecule has 0 atom stereocenters. The highest BCUT2D eigenvalue weighted by molar-refractivity contribution is 7.15. The van der Waals surface area contributed by atoms with Crippen LogP contribution in [-0.2, 0) is 0 Å². The lowest BCUT2D eigenvalue weighted by molar-refractivity contribution is 1.30. The molecular formula is C32H22N2S2. The molecule has 0 saturated carbocycles. The van der Waals surface area contributed by atoms with Gasteiger partial charge < -0.3 is 0 Å². The number of benzene rings is 4. The van der Waals surface area contributed by atoms with E-state index in [0.29, 0.717) is 0 Å². The minimum Gasteiger partial charge on any atom is -0.236 e. The number of rotatable bonds is 4. The Balaban J connectivity index is 1.51. The van der Waals surface area contributed by atoms with Crippen LogP contribution in [0.4, 0.5) is 0 Å². The summed E-state index contributed by atoms with van der Waals surface area (Å²) in [5, 5.41) is 4.66. The summed E-state index contributed by atoms with van der Waals surface area (Å²) >= 11 is 3.53. The van der Waals surface area contributed by atoms with E-state index in [4.69, 9.17) is 9.97 Å². The van der Waals surface area contributed by atoms with E-state index in [1.54, 1.807) is 22.7 Å². The second-order valence-electron chi connectivity index (χ2n) is 9.04. The first-order valence-electron chi connectivity index (χ1n) is 12.0. The Bertz CT molecular complexity index is 1660. The minimum absolute atomic E-state index is 1.05. The number of aryl methyl sites for hydroxylation is 2. The lowest BCUT2D eigenvalue weighted by atomic mass is 9.98. The van der Waals surface area contributed by atoms with Crippen LogP contribution in [0.1, 0.15) is 32.3 Å². The zero-order chi connectivity index (χ0) is 24.2. The average molecular weight is 499 g/mol. The van der Waals surface area contributed by atoms with Crippen LogP contribution < -0.4 is 0 Å². The van der Waals surface area contributed by atoms with Crippen molar-refractivity contribution in [1.82, 2.24) is 9.97 Å². The van der Waals surface area contributed by atoms with Gasteiger partial charge in [0.05, 0.1) is 11.4 Å². The summed E-state index contributed by atoms with van der Waals surface area (Å²) < 4.78 is 0. The largest absolute Gasteiger partial charge is 0.236 e. The lowest BCUT2D eigenvalue weighted by Crippen LogP contribution is -1.95. The Morgan fingerprint density at radius 3 is 1.39 bits per heavy atom. The van der Waals surface area contributed by atoms with E-state index in [1.807, 2.05) is 0 Å². The maximum absolute atomic E-state index is 5.24. The number of thiazole rings is 2. The second-order valence-corrected chi connectivity index (χ2v) is 11.4. The van der Waals surface area contributed by atoms with Crippen LogP contribution in [0.15, 0.2) is 97.1 Å². The molecule has 0 radical (unpaired) electrons. The van der Waals surface area contributed by atoms with Crippen molar-refractivity contribution in [2.45, 2.75) is 13.8 Å². The van der Waals surface area contributed by atoms with E-state index in [2.05, 4.69) is 111 Å². The van der Waals surface area contributed by atoms with Crippen LogP contribution in [-0.4, -0.2) is 9.97 Å². The summed E-state index contributed by atoms with van der Waals surface area (Å²) in [6.07, 6.45) is 0. The molecule has 2 heterocycles. The fourth-order valence-electron chi connectivity index (χ4n) is 5.18. The van der Waals surface area contributed by atoms with Gasteiger partial charge in [-0.2, -0.15) is 0 Å². The molecule has 0 spiro atoms. The van der Waals surface area contributed by atoms with Crippen molar-refractivity contribution in [1.29, 1.82) is 0 Å². The number of hydrogen-bond acceptors (Lipinski definition) is 4. The Morgan fingerprint density at radius 2 is 0.944 bits per heavy atom. The molecule has 0 N–H and O–H groups in total. The SMILES string of the molecule is Cc1sc(-c2ccccc2)nc1C1=C(c2nc(-c3ccccc3)sc2C)c2cccc3cccc1c23. The Labute approximate surface area is 218 Å². The lowest BCUT2D eigenvalue weighted by Gasteiger charge is -2.08. The third kappa shape index (κ3) is 3.29. The molecule has 0 aliphatic heterocycles. The van der Waals surface area contributed by atoms with Crippen molar-refractivity contribution < 1.29 is 0 Å². The topological polar surface area (TPSA) is 25.8 Å². The van der Waals surface area contributed by atoms with Gasteiger partial charge in [-0.05, 0) is 35.7 Å². The van der Waals surface area contributed by atoms with Crippen LogP contribution in [0.25, 0.3) is 43.1 Å². The van der Waals surface area contributed by atoms with Crippen LogP contribution in [0, 0.1) is 13.8 Å². The molecule has 0 amide bonds. The van der Waals surface area contributed by atoms with Gasteiger partial charge in [0, 0.05) is 32.0 Å². The van der Waals surface area contributed by atoms with Gasteiger partial charge >= 0.3 is 0 Å². The number of nitrogens with zero attached hydrogens (tertiary/aromatic N) is 2. The number of hydrogen-bond donors (Lipinski definition) is 0. The Kier molecular flexibility index (Phi) is 4.98. The smallest absolute Gasteiger partial charge is 0.124 e. The first-order chi connectivity index (χ1) is 17.7. The summed E-state index contributed by atoms with van der Waals surface area (Å²) in [6, 6.07) is 34.2. The van der Waals surface area contributed by atoms with E-state index < -0.39 is 0 Å². The normalized spacial score (nSPS) is 12.6. The average Bonchev–Trinajstić information content (AvgIpc) is 3.59. The van der Waals surface area contributed by atoms with Gasteiger partial charge in [0.1, 0.15) is 10.0 Å². The monoisotopic (exact) mass is 498 g/mol. The zero-order valence-corrected chi connectivity index (χ0v) is 21.6. The van der Waals surface area contributed by atoms with Crippen molar-refractivity contribution in [2.75, 3.05) is 0 Å². The third-order valence-electron chi connectivity index (χ3n) is 6.80. The maximum atomic E-state index is 5.24. The standard InChI is InChI=1S/C32H22N2S2/c1-19-29(33-31(35-19)22-11-5-3-6-12-22)27-24-17-9-15-21-16-10-18-25(26(21)24)28(27)30-20(2)36-32(34-30)23-13-7-4-8-14-23/h3-18H,1-2H3. The van der Waals surface area contributed by atoms with Gasteiger partial charge in [0.25, 0.3) is 0 Å². The van der Waals surface area contributed by atoms with E-state index >= 15 is 0 Å². The molecule has 172 valence electrons. The summed E-state index contributed by atoms with van der Waals surface area (Å²) in [5.41, 5.74) is 9.33. The van der Waals surface area contributed by atoms with Gasteiger partial charge in [0.15, 0.2) is 0 Å². The predicted octanol–water partition coefficient (Wildman–Crippen LogP) is 9.02. The molecule has 0 fully saturated rings. The van der Waals surface area contributed by atoms with Crippen molar-refractivity contribution in [3.8, 4) is 21.1 Å². The van der Waals surface area contributed by atoms with Crippen LogP contribution in [0.5, 0.6) is 0 Å². The molecule has 0 saturated heterocycles. The molecule has 0 bridgehead atoms. The molecule has 36 heavy (non-hydrogen) atoms. The first kappa shape index (κ1) is 21.4. The van der Waals surface area contributed by atoms with Crippen molar-refractivity contribution >= 4 is 44.6 Å². The third-order valence-corrected chi connectivity index (χ3v) is 8.84. The predicted molar refractivity (Wildman–Crippen MR) is 154 cm³/mol. The molecule has 1 aliphatic rings. The zero-order valence-electron chi connectivity index (χ0n) is 19.9. The summed E-state index contributed by atoms with van der Waals surface area (Å²) in [5.74, 6) is 0. The highest BCUT2D eigenvalue weighted by atomic mass is 32.1. The quantitative estimate of drug-likeness (QED) is 0.242. The van der Waals surface area contributed by atoms with Gasteiger partial charge in [-0.1, -0.05) is 97.1 Å². The van der Waals surface area contributed by atoms with Gasteiger partial charge in [0.2, 0.25) is 0 Å². The van der Waals surface area contributed by atoms with E-state index in [-0.39, 0.29) is 0 Å². The highest BCUT2D eigenvalue weighted by Gasteiger charge is 2.31. The Morgan fingerprint density at radius 1 is 0.500 bits per heavy atom. The van der Waals surface area contributed by atoms with Crippen LogP contribution in [0.2, 0.25) is 0 Å². The van der Waals surface area contributed by atoms with E-state index in [9.17, 15) is 0 Å². The summed E-state index contributed by atoms with van der Waals surface area (Å²) in [4.78, 5) is 12.9. The molecule has 2 aromatic heterocycles. The summed E-state index contributed by atoms with van der Waals surface area (Å²) in [7, 11) is 0. The molecule has 2 nitrogen and oxygen atoms in total. The van der Waals surface area contributed by atoms with Gasteiger partial charge in [-0.15, -0.1) is 22.7 Å². The first-order valence-corrected chi connectivity index (χ1v) is 13.7. The highest BCUT2D eigenvalue weighted by Crippen LogP contribution is 2.50.